The highest BCUT2D eigenvalue weighted by molar-refractivity contribution is 5.70. The maximum atomic E-state index is 12.7. The summed E-state index contributed by atoms with van der Waals surface area (Å²) >= 11 is 0. The first kappa shape index (κ1) is 54.0. The molecule has 0 aromatic carbocycles. The number of carboxylic acid groups (broad SMARTS) is 1. The fourth-order valence-corrected chi connectivity index (χ4v) is 6.60. The number of hydrogen-bond acceptors (Lipinski definition) is 8. The predicted octanol–water partition coefficient (Wildman–Crippen LogP) is 10.9. The topological polar surface area (TPSA) is 111 Å². The molecular formula is C47H89NO8. The van der Waals surface area contributed by atoms with Gasteiger partial charge in [-0.1, -0.05) is 180 Å². The first-order valence-electron chi connectivity index (χ1n) is 23.3. The Balaban J connectivity index is 4.25. The Bertz CT molecular complexity index is 934. The quantitative estimate of drug-likeness (QED) is 0.0197. The van der Waals surface area contributed by atoms with Crippen molar-refractivity contribution in [3.05, 3.63) is 12.2 Å². The normalized spacial score (nSPS) is 12.9. The van der Waals surface area contributed by atoms with Crippen molar-refractivity contribution in [2.75, 3.05) is 47.5 Å². The summed E-state index contributed by atoms with van der Waals surface area (Å²) in [5.41, 5.74) is 0. The van der Waals surface area contributed by atoms with Crippen molar-refractivity contribution >= 4 is 17.9 Å². The molecule has 0 aliphatic heterocycles. The number of nitrogens with zero attached hydrogens (tertiary/aromatic N) is 1. The van der Waals surface area contributed by atoms with E-state index in [0.29, 0.717) is 23.9 Å². The van der Waals surface area contributed by atoms with E-state index in [1.165, 1.54) is 122 Å². The van der Waals surface area contributed by atoms with Gasteiger partial charge in [0.25, 0.3) is 0 Å². The minimum atomic E-state index is -1.62. The molecule has 0 N–H and O–H groups in total. The fraction of sp³-hybridized carbons (Fsp3) is 0.894. The Morgan fingerprint density at radius 1 is 0.518 bits per heavy atom. The Kier molecular flexibility index (Phi) is 38.4. The van der Waals surface area contributed by atoms with Gasteiger partial charge in [-0.2, -0.15) is 0 Å². The Morgan fingerprint density at radius 3 is 1.39 bits per heavy atom. The number of carbonyl (C=O) groups excluding carboxylic acids is 3. The van der Waals surface area contributed by atoms with E-state index < -0.39 is 24.3 Å². The molecule has 0 saturated carbocycles. The summed E-state index contributed by atoms with van der Waals surface area (Å²) in [6.07, 6.45) is 38.3. The van der Waals surface area contributed by atoms with Crippen molar-refractivity contribution in [2.24, 2.45) is 0 Å². The second-order valence-corrected chi connectivity index (χ2v) is 17.1. The number of ether oxygens (including phenoxy) is 4. The van der Waals surface area contributed by atoms with E-state index in [0.717, 1.165) is 57.8 Å². The molecule has 56 heavy (non-hydrogen) atoms. The molecule has 9 nitrogen and oxygen atoms in total. The van der Waals surface area contributed by atoms with Gasteiger partial charge in [0.05, 0.1) is 40.3 Å². The van der Waals surface area contributed by atoms with Crippen molar-refractivity contribution in [1.82, 2.24) is 0 Å². The van der Waals surface area contributed by atoms with Gasteiger partial charge in [-0.25, -0.2) is 0 Å². The van der Waals surface area contributed by atoms with Gasteiger partial charge < -0.3 is 33.3 Å². The van der Waals surface area contributed by atoms with Crippen LogP contribution in [0.1, 0.15) is 213 Å². The molecule has 2 unspecified atom stereocenters. The van der Waals surface area contributed by atoms with Crippen molar-refractivity contribution in [3.8, 4) is 0 Å². The summed E-state index contributed by atoms with van der Waals surface area (Å²) in [5.74, 6) is -2.29. The molecule has 330 valence electrons. The van der Waals surface area contributed by atoms with Crippen LogP contribution in [0.15, 0.2) is 12.2 Å². The lowest BCUT2D eigenvalue weighted by molar-refractivity contribution is -0.870. The highest BCUT2D eigenvalue weighted by atomic mass is 16.7. The van der Waals surface area contributed by atoms with E-state index in [-0.39, 0.29) is 32.2 Å². The van der Waals surface area contributed by atoms with Crippen LogP contribution in [0.5, 0.6) is 0 Å². The number of carbonyl (C=O) groups is 3. The first-order chi connectivity index (χ1) is 27.1. The van der Waals surface area contributed by atoms with Gasteiger partial charge in [-0.15, -0.1) is 0 Å². The summed E-state index contributed by atoms with van der Waals surface area (Å²) in [7, 11) is 5.91. The molecule has 0 heterocycles. The lowest BCUT2D eigenvalue weighted by Crippen LogP contribution is -2.44. The highest BCUT2D eigenvalue weighted by Gasteiger charge is 2.21. The summed E-state index contributed by atoms with van der Waals surface area (Å²) < 4.78 is 22.5. The van der Waals surface area contributed by atoms with Crippen molar-refractivity contribution < 1.29 is 42.9 Å². The van der Waals surface area contributed by atoms with Gasteiger partial charge in [-0.05, 0) is 32.1 Å². The summed E-state index contributed by atoms with van der Waals surface area (Å²) in [6.45, 7) is 4.69. The lowest BCUT2D eigenvalue weighted by Gasteiger charge is -2.26. The number of quaternary nitrogens is 1. The lowest BCUT2D eigenvalue weighted by atomic mass is 10.0. The van der Waals surface area contributed by atoms with Crippen LogP contribution in [0, 0.1) is 0 Å². The predicted molar refractivity (Wildman–Crippen MR) is 228 cm³/mol. The molecule has 2 atom stereocenters. The molecule has 0 spiro atoms. The third-order valence-electron chi connectivity index (χ3n) is 10.2. The number of esters is 2. The fourth-order valence-electron chi connectivity index (χ4n) is 6.60. The van der Waals surface area contributed by atoms with Crippen LogP contribution in [-0.2, 0) is 33.3 Å². The smallest absolute Gasteiger partial charge is 0.306 e. The van der Waals surface area contributed by atoms with Crippen LogP contribution >= 0.6 is 0 Å². The van der Waals surface area contributed by atoms with E-state index in [2.05, 4.69) is 26.0 Å². The Hall–Kier alpha value is -1.97. The molecule has 0 aromatic rings. The van der Waals surface area contributed by atoms with Crippen molar-refractivity contribution in [3.63, 3.8) is 0 Å². The van der Waals surface area contributed by atoms with Crippen LogP contribution in [0.2, 0.25) is 0 Å². The molecule has 0 bridgehead atoms. The Morgan fingerprint density at radius 2 is 0.946 bits per heavy atom. The standard InChI is InChI=1S/C47H89NO8/c1-6-8-10-12-14-16-18-19-20-21-22-23-24-25-26-27-28-30-31-33-35-37-44(49)54-41-43(42-55-47(46(51)52)53-40-39-48(3,4)5)56-45(50)38-36-34-32-29-17-15-13-11-9-7-2/h11,13,43,47H,6-10,12,14-42H2,1-5H3/b13-11-. The summed E-state index contributed by atoms with van der Waals surface area (Å²) in [6, 6.07) is 0. The van der Waals surface area contributed by atoms with Crippen molar-refractivity contribution in [1.29, 1.82) is 0 Å². The van der Waals surface area contributed by atoms with Crippen molar-refractivity contribution in [2.45, 2.75) is 225 Å². The number of unbranched alkanes of at least 4 members (excludes halogenated alkanes) is 26. The molecular weight excluding hydrogens is 707 g/mol. The minimum Gasteiger partial charge on any atom is -0.545 e. The average molecular weight is 796 g/mol. The van der Waals surface area contributed by atoms with E-state index in [1.54, 1.807) is 0 Å². The molecule has 9 heteroatoms. The number of allylic oxidation sites excluding steroid dienone is 2. The van der Waals surface area contributed by atoms with E-state index in [1.807, 2.05) is 21.1 Å². The van der Waals surface area contributed by atoms with Crippen LogP contribution in [0.4, 0.5) is 0 Å². The zero-order valence-corrected chi connectivity index (χ0v) is 37.3. The van der Waals surface area contributed by atoms with E-state index >= 15 is 0 Å². The van der Waals surface area contributed by atoms with Crippen LogP contribution < -0.4 is 5.11 Å². The number of hydrogen-bond donors (Lipinski definition) is 0. The van der Waals surface area contributed by atoms with Gasteiger partial charge in [-0.3, -0.25) is 9.59 Å². The monoisotopic (exact) mass is 796 g/mol. The molecule has 0 aliphatic carbocycles. The SMILES string of the molecule is CCC/C=C\CCCCCCCC(=O)OC(COC(=O)CCCCCCCCCCCCCCCCCCCCCCC)COC(OCC[N+](C)(C)C)C(=O)[O-]. The zero-order chi connectivity index (χ0) is 41.4. The van der Waals surface area contributed by atoms with Crippen LogP contribution in [0.3, 0.4) is 0 Å². The van der Waals surface area contributed by atoms with Gasteiger partial charge in [0.15, 0.2) is 12.4 Å². The second-order valence-electron chi connectivity index (χ2n) is 17.1. The summed E-state index contributed by atoms with van der Waals surface area (Å²) in [4.78, 5) is 36.9. The average Bonchev–Trinajstić information content (AvgIpc) is 3.15. The largest absolute Gasteiger partial charge is 0.545 e. The molecule has 0 amide bonds. The minimum absolute atomic E-state index is 0.149. The van der Waals surface area contributed by atoms with Crippen LogP contribution in [0.25, 0.3) is 0 Å². The van der Waals surface area contributed by atoms with Gasteiger partial charge >= 0.3 is 11.9 Å². The number of rotatable bonds is 43. The molecule has 0 aromatic heterocycles. The third kappa shape index (κ3) is 40.2. The molecule has 0 fully saturated rings. The highest BCUT2D eigenvalue weighted by Crippen LogP contribution is 2.16. The van der Waals surface area contributed by atoms with Gasteiger partial charge in [0.1, 0.15) is 13.2 Å². The molecule has 0 aliphatic rings. The molecule has 0 rings (SSSR count). The zero-order valence-electron chi connectivity index (χ0n) is 37.3. The maximum Gasteiger partial charge on any atom is 0.306 e. The first-order valence-corrected chi connectivity index (χ1v) is 23.3. The second kappa shape index (κ2) is 39.8. The number of carboxylic acids is 1. The Labute approximate surface area is 345 Å². The third-order valence-corrected chi connectivity index (χ3v) is 10.2. The van der Waals surface area contributed by atoms with Crippen LogP contribution in [-0.4, -0.2) is 82.3 Å². The van der Waals surface area contributed by atoms with E-state index in [4.69, 9.17) is 18.9 Å². The van der Waals surface area contributed by atoms with E-state index in [9.17, 15) is 19.5 Å². The van der Waals surface area contributed by atoms with Gasteiger partial charge in [0.2, 0.25) is 0 Å². The molecule has 0 radical (unpaired) electrons. The summed E-state index contributed by atoms with van der Waals surface area (Å²) in [5, 5.41) is 11.7. The maximum absolute atomic E-state index is 12.7. The molecule has 0 saturated heterocycles. The number of aliphatic carboxylic acids is 1. The number of likely N-dealkylation sites (N-methyl/N-ethyl adjacent to an activating group) is 1. The van der Waals surface area contributed by atoms with Gasteiger partial charge in [0, 0.05) is 12.8 Å².